The number of hydrogen-bond acceptors (Lipinski definition) is 6. The molecule has 0 aromatic carbocycles. The summed E-state index contributed by atoms with van der Waals surface area (Å²) in [6.07, 6.45) is 0. The first-order valence-electron chi connectivity index (χ1n) is 6.02. The molecule has 0 bridgehead atoms. The fourth-order valence-electron chi connectivity index (χ4n) is 1.53. The van der Waals surface area contributed by atoms with E-state index >= 15 is 0 Å². The summed E-state index contributed by atoms with van der Waals surface area (Å²) in [4.78, 5) is 14.4. The van der Waals surface area contributed by atoms with Crippen LogP contribution >= 0.6 is 11.6 Å². The van der Waals surface area contributed by atoms with E-state index in [9.17, 15) is 0 Å². The quantitative estimate of drug-likeness (QED) is 0.826. The smallest absolute Gasteiger partial charge is 0.322 e. The van der Waals surface area contributed by atoms with Crippen molar-refractivity contribution in [3.63, 3.8) is 0 Å². The summed E-state index contributed by atoms with van der Waals surface area (Å²) >= 11 is 5.88. The van der Waals surface area contributed by atoms with Crippen molar-refractivity contribution >= 4 is 17.5 Å². The predicted molar refractivity (Wildman–Crippen MR) is 68.2 cm³/mol. The molecule has 0 amide bonds. The number of hydrogen-bond donors (Lipinski definition) is 0. The minimum Gasteiger partial charge on any atom is -0.463 e. The van der Waals surface area contributed by atoms with Gasteiger partial charge in [0.25, 0.3) is 0 Å². The Bertz CT molecular complexity index is 397. The van der Waals surface area contributed by atoms with E-state index in [1.807, 2.05) is 4.90 Å². The van der Waals surface area contributed by atoms with Crippen LogP contribution in [0.3, 0.4) is 0 Å². The molecule has 0 atom stereocenters. The van der Waals surface area contributed by atoms with E-state index in [1.54, 1.807) is 0 Å². The van der Waals surface area contributed by atoms with Gasteiger partial charge in [-0.05, 0) is 17.5 Å². The van der Waals surface area contributed by atoms with Gasteiger partial charge in [0.1, 0.15) is 0 Å². The molecule has 0 aliphatic carbocycles. The second-order valence-corrected chi connectivity index (χ2v) is 4.83. The van der Waals surface area contributed by atoms with E-state index in [0.717, 1.165) is 13.1 Å². The van der Waals surface area contributed by atoms with Crippen LogP contribution in [0, 0.1) is 5.92 Å². The molecule has 1 fully saturated rings. The predicted octanol–water partition coefficient (Wildman–Crippen LogP) is 1.40. The maximum absolute atomic E-state index is 5.88. The fraction of sp³-hybridized carbons (Fsp3) is 0.727. The summed E-state index contributed by atoms with van der Waals surface area (Å²) < 4.78 is 10.8. The summed E-state index contributed by atoms with van der Waals surface area (Å²) in [5.41, 5.74) is 0. The van der Waals surface area contributed by atoms with Crippen LogP contribution in [0.1, 0.15) is 13.8 Å². The molecule has 0 radical (unpaired) electrons. The van der Waals surface area contributed by atoms with Gasteiger partial charge < -0.3 is 14.4 Å². The molecule has 0 spiro atoms. The minimum atomic E-state index is 0.158. The summed E-state index contributed by atoms with van der Waals surface area (Å²) in [7, 11) is 0. The van der Waals surface area contributed by atoms with Crippen LogP contribution in [0.4, 0.5) is 5.95 Å². The van der Waals surface area contributed by atoms with Gasteiger partial charge in [-0.2, -0.15) is 15.0 Å². The van der Waals surface area contributed by atoms with E-state index in [-0.39, 0.29) is 11.3 Å². The van der Waals surface area contributed by atoms with Crippen LogP contribution in [-0.4, -0.2) is 47.9 Å². The van der Waals surface area contributed by atoms with Crippen molar-refractivity contribution in [2.75, 3.05) is 37.8 Å². The Kier molecular flexibility index (Phi) is 4.54. The van der Waals surface area contributed by atoms with Crippen molar-refractivity contribution < 1.29 is 9.47 Å². The summed E-state index contributed by atoms with van der Waals surface area (Å²) in [6, 6.07) is 0.283. The van der Waals surface area contributed by atoms with Gasteiger partial charge >= 0.3 is 6.01 Å². The first-order chi connectivity index (χ1) is 8.65. The molecule has 2 rings (SSSR count). The van der Waals surface area contributed by atoms with E-state index < -0.39 is 0 Å². The zero-order chi connectivity index (χ0) is 13.0. The standard InChI is InChI=1S/C11H17ClN4O2/c1-8(2)7-18-11-14-9(12)13-10(15-11)16-3-5-17-6-4-16/h8H,3-7H2,1-2H3. The molecule has 2 heterocycles. The van der Waals surface area contributed by atoms with Crippen LogP contribution in [0.25, 0.3) is 0 Å². The molecule has 0 N–H and O–H groups in total. The largest absolute Gasteiger partial charge is 0.463 e. The highest BCUT2D eigenvalue weighted by atomic mass is 35.5. The third-order valence-electron chi connectivity index (χ3n) is 2.42. The minimum absolute atomic E-state index is 0.158. The monoisotopic (exact) mass is 272 g/mol. The second-order valence-electron chi connectivity index (χ2n) is 4.49. The van der Waals surface area contributed by atoms with E-state index in [4.69, 9.17) is 21.1 Å². The van der Waals surface area contributed by atoms with Crippen LogP contribution in [0.15, 0.2) is 0 Å². The number of nitrogens with zero attached hydrogens (tertiary/aromatic N) is 4. The summed E-state index contributed by atoms with van der Waals surface area (Å²) in [5, 5.41) is 0.158. The number of rotatable bonds is 4. The molecule has 1 saturated heterocycles. The molecular formula is C11H17ClN4O2. The third kappa shape index (κ3) is 3.68. The highest BCUT2D eigenvalue weighted by molar-refractivity contribution is 6.28. The average Bonchev–Trinajstić information content (AvgIpc) is 2.37. The molecule has 0 unspecified atom stereocenters. The molecule has 1 aliphatic heterocycles. The molecule has 0 saturated carbocycles. The summed E-state index contributed by atoms with van der Waals surface area (Å²) in [6.45, 7) is 7.53. The van der Waals surface area contributed by atoms with Crippen LogP contribution in [0.5, 0.6) is 6.01 Å². The van der Waals surface area contributed by atoms with Crippen molar-refractivity contribution in [3.05, 3.63) is 5.28 Å². The number of aromatic nitrogens is 3. The number of halogens is 1. The van der Waals surface area contributed by atoms with Crippen molar-refractivity contribution in [2.24, 2.45) is 5.92 Å². The van der Waals surface area contributed by atoms with Gasteiger partial charge in [-0.3, -0.25) is 0 Å². The fourth-order valence-corrected chi connectivity index (χ4v) is 1.68. The van der Waals surface area contributed by atoms with Crippen molar-refractivity contribution in [1.29, 1.82) is 0 Å². The highest BCUT2D eigenvalue weighted by Crippen LogP contribution is 2.16. The molecule has 1 aliphatic rings. The Labute approximate surface area is 111 Å². The Morgan fingerprint density at radius 3 is 2.67 bits per heavy atom. The Hall–Kier alpha value is -1.14. The summed E-state index contributed by atoms with van der Waals surface area (Å²) in [5.74, 6) is 0.962. The van der Waals surface area contributed by atoms with E-state index in [0.29, 0.717) is 31.7 Å². The average molecular weight is 273 g/mol. The molecule has 1 aromatic rings. The highest BCUT2D eigenvalue weighted by Gasteiger charge is 2.16. The lowest BCUT2D eigenvalue weighted by molar-refractivity contribution is 0.122. The first kappa shape index (κ1) is 13.3. The number of morpholine rings is 1. The Morgan fingerprint density at radius 1 is 1.28 bits per heavy atom. The van der Waals surface area contributed by atoms with Crippen molar-refractivity contribution in [2.45, 2.75) is 13.8 Å². The zero-order valence-corrected chi connectivity index (χ0v) is 11.4. The number of ether oxygens (including phenoxy) is 2. The van der Waals surface area contributed by atoms with Gasteiger partial charge in [0, 0.05) is 13.1 Å². The molecule has 100 valence electrons. The SMILES string of the molecule is CC(C)COc1nc(Cl)nc(N2CCOCC2)n1. The molecule has 1 aromatic heterocycles. The van der Waals surface area contributed by atoms with Crippen LogP contribution in [-0.2, 0) is 4.74 Å². The van der Waals surface area contributed by atoms with Gasteiger partial charge in [-0.15, -0.1) is 0 Å². The van der Waals surface area contributed by atoms with Gasteiger partial charge in [0.2, 0.25) is 11.2 Å². The van der Waals surface area contributed by atoms with Gasteiger partial charge in [-0.1, -0.05) is 13.8 Å². The molecule has 18 heavy (non-hydrogen) atoms. The van der Waals surface area contributed by atoms with E-state index in [2.05, 4.69) is 28.8 Å². The van der Waals surface area contributed by atoms with Crippen LogP contribution in [0.2, 0.25) is 5.28 Å². The third-order valence-corrected chi connectivity index (χ3v) is 2.58. The Morgan fingerprint density at radius 2 is 2.00 bits per heavy atom. The lowest BCUT2D eigenvalue weighted by Gasteiger charge is -2.26. The van der Waals surface area contributed by atoms with Crippen molar-refractivity contribution in [1.82, 2.24) is 15.0 Å². The zero-order valence-electron chi connectivity index (χ0n) is 10.6. The normalized spacial score (nSPS) is 16.1. The van der Waals surface area contributed by atoms with Gasteiger partial charge in [0.05, 0.1) is 19.8 Å². The topological polar surface area (TPSA) is 60.4 Å². The molecule has 6 nitrogen and oxygen atoms in total. The first-order valence-corrected chi connectivity index (χ1v) is 6.40. The van der Waals surface area contributed by atoms with Crippen LogP contribution < -0.4 is 9.64 Å². The lowest BCUT2D eigenvalue weighted by Crippen LogP contribution is -2.37. The number of anilines is 1. The molecule has 7 heteroatoms. The van der Waals surface area contributed by atoms with Crippen molar-refractivity contribution in [3.8, 4) is 6.01 Å². The maximum atomic E-state index is 5.88. The van der Waals surface area contributed by atoms with Gasteiger partial charge in [-0.25, -0.2) is 0 Å². The van der Waals surface area contributed by atoms with Gasteiger partial charge in [0.15, 0.2) is 0 Å². The lowest BCUT2D eigenvalue weighted by atomic mass is 10.2. The Balaban J connectivity index is 2.09. The van der Waals surface area contributed by atoms with E-state index in [1.165, 1.54) is 0 Å². The molecular weight excluding hydrogens is 256 g/mol. The second kappa shape index (κ2) is 6.15. The maximum Gasteiger partial charge on any atom is 0.322 e.